The Balaban J connectivity index is 1.53. The maximum atomic E-state index is 12.7. The second kappa shape index (κ2) is 7.94. The fourth-order valence-corrected chi connectivity index (χ4v) is 3.95. The number of rotatable bonds is 5. The van der Waals surface area contributed by atoms with Crippen LogP contribution in [0, 0.1) is 6.92 Å². The van der Waals surface area contributed by atoms with Crippen LogP contribution in [0.5, 0.6) is 0 Å². The molecule has 4 rings (SSSR count). The van der Waals surface area contributed by atoms with Crippen LogP contribution in [0.1, 0.15) is 25.7 Å². The summed E-state index contributed by atoms with van der Waals surface area (Å²) in [6, 6.07) is 8.60. The van der Waals surface area contributed by atoms with Crippen LogP contribution in [-0.2, 0) is 9.53 Å². The van der Waals surface area contributed by atoms with E-state index >= 15 is 0 Å². The first-order valence-corrected chi connectivity index (χ1v) is 10.1. The van der Waals surface area contributed by atoms with Crippen LogP contribution in [0.4, 0.5) is 0 Å². The molecule has 0 unspecified atom stereocenters. The number of amides is 2. The normalized spacial score (nSPS) is 10.8. The molecule has 1 N–H and O–H groups in total. The lowest BCUT2D eigenvalue weighted by molar-refractivity contribution is -0.123. The number of aryl methyl sites for hydroxylation is 1. The molecule has 0 aromatic carbocycles. The monoisotopic (exact) mass is 427 g/mol. The Labute approximate surface area is 172 Å². The number of esters is 1. The van der Waals surface area contributed by atoms with Crippen molar-refractivity contribution < 1.29 is 23.6 Å². The molecule has 146 valence electrons. The van der Waals surface area contributed by atoms with Crippen molar-refractivity contribution in [1.29, 1.82) is 0 Å². The van der Waals surface area contributed by atoms with E-state index < -0.39 is 24.4 Å². The second-order valence-electron chi connectivity index (χ2n) is 5.91. The number of hydrogen-bond donors (Lipinski definition) is 1. The molecular weight excluding hydrogens is 414 g/mol. The number of thiophene rings is 2. The van der Waals surface area contributed by atoms with Crippen LogP contribution < -0.4 is 5.32 Å². The van der Waals surface area contributed by atoms with Crippen molar-refractivity contribution in [2.45, 2.75) is 6.92 Å². The molecule has 4 aromatic heterocycles. The van der Waals surface area contributed by atoms with Crippen LogP contribution in [-0.4, -0.2) is 34.5 Å². The topological polar surface area (TPSA) is 111 Å². The molecule has 0 aliphatic heterocycles. The molecule has 8 nitrogen and oxygen atoms in total. The third-order valence-corrected chi connectivity index (χ3v) is 5.70. The first-order valence-electron chi connectivity index (χ1n) is 8.38. The molecule has 0 saturated carbocycles. The predicted molar refractivity (Wildman–Crippen MR) is 107 cm³/mol. The second-order valence-corrected chi connectivity index (χ2v) is 7.81. The summed E-state index contributed by atoms with van der Waals surface area (Å²) in [6.45, 7) is 1.08. The van der Waals surface area contributed by atoms with Crippen molar-refractivity contribution in [1.82, 2.24) is 15.5 Å². The number of carbonyl (C=O) groups is 3. The summed E-state index contributed by atoms with van der Waals surface area (Å²) in [5, 5.41) is 10.1. The third kappa shape index (κ3) is 3.93. The Morgan fingerprint density at radius 3 is 2.69 bits per heavy atom. The van der Waals surface area contributed by atoms with Crippen LogP contribution in [0.25, 0.3) is 21.7 Å². The minimum atomic E-state index is -0.736. The van der Waals surface area contributed by atoms with Crippen molar-refractivity contribution in [3.05, 3.63) is 57.2 Å². The summed E-state index contributed by atoms with van der Waals surface area (Å²) in [5.74, 6) is -2.00. The molecular formula is C19H13N3O5S2. The molecule has 0 spiro atoms. The number of imide groups is 1. The largest absolute Gasteiger partial charge is 0.452 e. The average molecular weight is 427 g/mol. The lowest BCUT2D eigenvalue weighted by Crippen LogP contribution is -2.33. The highest BCUT2D eigenvalue weighted by molar-refractivity contribution is 7.13. The van der Waals surface area contributed by atoms with Gasteiger partial charge in [-0.2, -0.15) is 0 Å². The maximum Gasteiger partial charge on any atom is 0.339 e. The highest BCUT2D eigenvalue weighted by Gasteiger charge is 2.22. The van der Waals surface area contributed by atoms with E-state index in [1.54, 1.807) is 30.5 Å². The van der Waals surface area contributed by atoms with Crippen molar-refractivity contribution in [3.8, 4) is 10.6 Å². The Bertz CT molecular complexity index is 1200. The maximum absolute atomic E-state index is 12.7. The Morgan fingerprint density at radius 2 is 1.97 bits per heavy atom. The number of aromatic nitrogens is 2. The van der Waals surface area contributed by atoms with E-state index in [1.807, 2.05) is 17.5 Å². The highest BCUT2D eigenvalue weighted by Crippen LogP contribution is 2.29. The van der Waals surface area contributed by atoms with E-state index in [4.69, 9.17) is 9.26 Å². The molecule has 4 aromatic rings. The Hall–Kier alpha value is -3.37. The van der Waals surface area contributed by atoms with Gasteiger partial charge in [-0.15, -0.1) is 22.7 Å². The smallest absolute Gasteiger partial charge is 0.339 e. The van der Waals surface area contributed by atoms with Gasteiger partial charge in [0.15, 0.2) is 6.61 Å². The van der Waals surface area contributed by atoms with E-state index in [-0.39, 0.29) is 11.3 Å². The summed E-state index contributed by atoms with van der Waals surface area (Å²) >= 11 is 2.66. The van der Waals surface area contributed by atoms with Gasteiger partial charge in [-0.05, 0) is 35.9 Å². The minimum Gasteiger partial charge on any atom is -0.452 e. The molecule has 0 aliphatic rings. The zero-order valence-electron chi connectivity index (χ0n) is 15.0. The van der Waals surface area contributed by atoms with Crippen molar-refractivity contribution in [2.24, 2.45) is 0 Å². The van der Waals surface area contributed by atoms with Gasteiger partial charge in [-0.1, -0.05) is 17.3 Å². The summed E-state index contributed by atoms with van der Waals surface area (Å²) in [7, 11) is 0. The van der Waals surface area contributed by atoms with E-state index in [0.29, 0.717) is 21.7 Å². The zero-order valence-corrected chi connectivity index (χ0v) is 16.6. The van der Waals surface area contributed by atoms with Crippen LogP contribution in [0.2, 0.25) is 0 Å². The zero-order chi connectivity index (χ0) is 20.4. The number of pyridine rings is 1. The molecule has 0 aliphatic carbocycles. The first-order chi connectivity index (χ1) is 14.0. The van der Waals surface area contributed by atoms with Crippen LogP contribution >= 0.6 is 22.7 Å². The average Bonchev–Trinajstić information content (AvgIpc) is 3.47. The van der Waals surface area contributed by atoms with Gasteiger partial charge in [0.25, 0.3) is 17.5 Å². The van der Waals surface area contributed by atoms with E-state index in [0.717, 1.165) is 4.88 Å². The first kappa shape index (κ1) is 19.0. The summed E-state index contributed by atoms with van der Waals surface area (Å²) < 4.78 is 10.3. The molecule has 4 heterocycles. The number of carbonyl (C=O) groups excluding carboxylic acids is 3. The fraction of sp³-hybridized carbons (Fsp3) is 0.105. The Morgan fingerprint density at radius 1 is 1.17 bits per heavy atom. The van der Waals surface area contributed by atoms with Gasteiger partial charge < -0.3 is 9.26 Å². The molecule has 10 heteroatoms. The Kier molecular flexibility index (Phi) is 5.19. The molecule has 0 atom stereocenters. The van der Waals surface area contributed by atoms with Gasteiger partial charge in [0.1, 0.15) is 0 Å². The lowest BCUT2D eigenvalue weighted by atomic mass is 10.1. The standard InChI is InChI=1S/C19H13N3O5S2/c1-10-16-11(8-12(13-4-2-6-28-13)20-18(16)27-22-10)19(25)26-9-15(23)21-17(24)14-5-3-7-29-14/h2-8H,9H2,1H3,(H,21,23,24). The van der Waals surface area contributed by atoms with Gasteiger partial charge >= 0.3 is 5.97 Å². The van der Waals surface area contributed by atoms with Crippen LogP contribution in [0.3, 0.4) is 0 Å². The van der Waals surface area contributed by atoms with Gasteiger partial charge in [0.05, 0.1) is 32.1 Å². The quantitative estimate of drug-likeness (QED) is 0.486. The SMILES string of the molecule is Cc1noc2nc(-c3cccs3)cc(C(=O)OCC(=O)NC(=O)c3cccs3)c12. The fourth-order valence-electron chi connectivity index (χ4n) is 2.65. The lowest BCUT2D eigenvalue weighted by Gasteiger charge is -2.07. The molecule has 0 bridgehead atoms. The van der Waals surface area contributed by atoms with E-state index in [9.17, 15) is 14.4 Å². The van der Waals surface area contributed by atoms with Gasteiger partial charge in [0.2, 0.25) is 0 Å². The predicted octanol–water partition coefficient (Wildman–Crippen LogP) is 3.43. The summed E-state index contributed by atoms with van der Waals surface area (Å²) in [4.78, 5) is 42.2. The van der Waals surface area contributed by atoms with E-state index in [1.165, 1.54) is 22.7 Å². The van der Waals surface area contributed by atoms with Crippen molar-refractivity contribution >= 4 is 51.6 Å². The third-order valence-electron chi connectivity index (χ3n) is 3.94. The van der Waals surface area contributed by atoms with Gasteiger partial charge in [-0.25, -0.2) is 9.78 Å². The molecule has 0 fully saturated rings. The van der Waals surface area contributed by atoms with Crippen molar-refractivity contribution in [3.63, 3.8) is 0 Å². The van der Waals surface area contributed by atoms with Gasteiger partial charge in [-0.3, -0.25) is 14.9 Å². The number of ether oxygens (including phenoxy) is 1. The van der Waals surface area contributed by atoms with Crippen LogP contribution in [0.15, 0.2) is 45.6 Å². The molecule has 0 saturated heterocycles. The summed E-state index contributed by atoms with van der Waals surface area (Å²) in [6.07, 6.45) is 0. The molecule has 0 radical (unpaired) electrons. The van der Waals surface area contributed by atoms with E-state index in [2.05, 4.69) is 15.5 Å². The number of nitrogens with one attached hydrogen (secondary N) is 1. The molecule has 29 heavy (non-hydrogen) atoms. The molecule has 2 amide bonds. The number of hydrogen-bond acceptors (Lipinski definition) is 9. The summed E-state index contributed by atoms with van der Waals surface area (Å²) in [5.41, 5.74) is 1.41. The minimum absolute atomic E-state index is 0.189. The number of fused-ring (bicyclic) bond motifs is 1. The van der Waals surface area contributed by atoms with Crippen molar-refractivity contribution in [2.75, 3.05) is 6.61 Å². The van der Waals surface area contributed by atoms with Gasteiger partial charge in [0, 0.05) is 0 Å². The highest BCUT2D eigenvalue weighted by atomic mass is 32.1. The number of nitrogens with zero attached hydrogens (tertiary/aromatic N) is 2.